The maximum absolute atomic E-state index is 12.6. The summed E-state index contributed by atoms with van der Waals surface area (Å²) in [6.45, 7) is 0. The van der Waals surface area contributed by atoms with Crippen LogP contribution in [0.3, 0.4) is 0 Å². The zero-order valence-electron chi connectivity index (χ0n) is 8.71. The van der Waals surface area contributed by atoms with Crippen molar-refractivity contribution < 1.29 is 17.0 Å². The van der Waals surface area contributed by atoms with E-state index >= 15 is 0 Å². The van der Waals surface area contributed by atoms with E-state index in [9.17, 15) is 4.39 Å². The second-order valence-corrected chi connectivity index (χ2v) is 3.49. The molecule has 17 heavy (non-hydrogen) atoms. The summed E-state index contributed by atoms with van der Waals surface area (Å²) in [6, 6.07) is 16.4. The predicted octanol–water partition coefficient (Wildman–Crippen LogP) is 2.49. The van der Waals surface area contributed by atoms with Crippen molar-refractivity contribution in [2.75, 3.05) is 0 Å². The van der Waals surface area contributed by atoms with E-state index in [1.54, 1.807) is 12.1 Å². The van der Waals surface area contributed by atoms with Crippen LogP contribution in [0.5, 0.6) is 0 Å². The Bertz CT molecular complexity index is 555. The highest BCUT2D eigenvalue weighted by Crippen LogP contribution is 2.18. The molecule has 0 radical (unpaired) electrons. The van der Waals surface area contributed by atoms with E-state index in [1.807, 2.05) is 30.3 Å². The number of hydrogen-bond acceptors (Lipinski definition) is 3. The molecule has 0 N–H and O–H groups in total. The third-order valence-electron chi connectivity index (χ3n) is 1.95. The van der Waals surface area contributed by atoms with Crippen molar-refractivity contribution in [1.29, 1.82) is 0 Å². The lowest BCUT2D eigenvalue weighted by Crippen LogP contribution is -1.77. The molecule has 0 aliphatic carbocycles. The summed E-state index contributed by atoms with van der Waals surface area (Å²) in [5.74, 6) is -0.195. The normalized spacial score (nSPS) is 9.00. The van der Waals surface area contributed by atoms with E-state index in [-0.39, 0.29) is 5.82 Å². The highest BCUT2D eigenvalue weighted by molar-refractivity contribution is 7.59. The monoisotopic (exact) mass is 252 g/mol. The van der Waals surface area contributed by atoms with Crippen molar-refractivity contribution in [3.8, 4) is 11.1 Å². The maximum Gasteiger partial charge on any atom is 0.425 e. The van der Waals surface area contributed by atoms with Crippen molar-refractivity contribution in [3.05, 3.63) is 60.4 Å². The summed E-state index contributed by atoms with van der Waals surface area (Å²) in [7, 11) is -3.11. The van der Waals surface area contributed by atoms with Gasteiger partial charge >= 0.3 is 10.6 Å². The molecule has 88 valence electrons. The van der Waals surface area contributed by atoms with Crippen LogP contribution in [0.15, 0.2) is 54.6 Å². The molecule has 0 atom stereocenters. The first kappa shape index (κ1) is 13.1. The van der Waals surface area contributed by atoms with Crippen LogP contribution in [-0.2, 0) is 10.6 Å². The minimum atomic E-state index is -3.11. The largest absolute Gasteiger partial charge is 0.425 e. The predicted molar refractivity (Wildman–Crippen MR) is 61.5 cm³/mol. The molecule has 0 fully saturated rings. The Morgan fingerprint density at radius 3 is 1.59 bits per heavy atom. The number of hydrogen-bond donors (Lipinski definition) is 0. The quantitative estimate of drug-likeness (QED) is 0.783. The van der Waals surface area contributed by atoms with Gasteiger partial charge in [0.15, 0.2) is 0 Å². The van der Waals surface area contributed by atoms with Gasteiger partial charge in [-0.3, -0.25) is 0 Å². The maximum atomic E-state index is 12.6. The zero-order valence-corrected chi connectivity index (χ0v) is 9.52. The lowest BCUT2D eigenvalue weighted by atomic mass is 10.1. The van der Waals surface area contributed by atoms with Crippen molar-refractivity contribution in [2.45, 2.75) is 0 Å². The highest BCUT2D eigenvalue weighted by Gasteiger charge is 1.95. The van der Waals surface area contributed by atoms with Gasteiger partial charge in [-0.2, -0.15) is 0 Å². The minimum Gasteiger partial charge on any atom is -0.207 e. The third-order valence-corrected chi connectivity index (χ3v) is 1.95. The molecule has 5 heteroatoms. The van der Waals surface area contributed by atoms with Gasteiger partial charge in [-0.1, -0.05) is 42.5 Å². The SMILES string of the molecule is Fc1ccc(-c2ccccc2)cc1.O=S(=O)=O. The van der Waals surface area contributed by atoms with Crippen LogP contribution < -0.4 is 0 Å². The molecule has 0 bridgehead atoms. The molecule has 0 heterocycles. The summed E-state index contributed by atoms with van der Waals surface area (Å²) in [6.07, 6.45) is 0. The lowest BCUT2D eigenvalue weighted by molar-refractivity contribution is 0.559. The van der Waals surface area contributed by atoms with Gasteiger partial charge in [0, 0.05) is 0 Å². The van der Waals surface area contributed by atoms with Crippen LogP contribution in [0.1, 0.15) is 0 Å². The summed E-state index contributed by atoms with van der Waals surface area (Å²) in [5.41, 5.74) is 2.16. The van der Waals surface area contributed by atoms with Gasteiger partial charge in [0.2, 0.25) is 0 Å². The first-order valence-electron chi connectivity index (χ1n) is 4.67. The van der Waals surface area contributed by atoms with Crippen LogP contribution in [0, 0.1) is 5.82 Å². The Morgan fingerprint density at radius 1 is 0.706 bits per heavy atom. The van der Waals surface area contributed by atoms with Crippen LogP contribution in [0.25, 0.3) is 11.1 Å². The third kappa shape index (κ3) is 5.03. The Labute approximate surface area is 99.6 Å². The van der Waals surface area contributed by atoms with Gasteiger partial charge in [0.25, 0.3) is 0 Å². The van der Waals surface area contributed by atoms with Crippen molar-refractivity contribution in [1.82, 2.24) is 0 Å². The molecule has 2 aromatic rings. The average molecular weight is 252 g/mol. The van der Waals surface area contributed by atoms with Gasteiger partial charge in [-0.25, -0.2) is 4.39 Å². The number of rotatable bonds is 1. The smallest absolute Gasteiger partial charge is 0.207 e. The summed E-state index contributed by atoms with van der Waals surface area (Å²) < 4.78 is 37.9. The molecule has 2 aromatic carbocycles. The van der Waals surface area contributed by atoms with E-state index in [0.29, 0.717) is 0 Å². The van der Waals surface area contributed by atoms with Crippen LogP contribution in [0.4, 0.5) is 4.39 Å². The van der Waals surface area contributed by atoms with E-state index in [1.165, 1.54) is 12.1 Å². The second-order valence-electron chi connectivity index (χ2n) is 3.08. The lowest BCUT2D eigenvalue weighted by Gasteiger charge is -1.99. The molecule has 0 aliphatic rings. The summed E-state index contributed by atoms with van der Waals surface area (Å²) >= 11 is 0. The molecule has 0 saturated heterocycles. The fourth-order valence-corrected chi connectivity index (χ4v) is 1.27. The van der Waals surface area contributed by atoms with Gasteiger partial charge < -0.3 is 0 Å². The fraction of sp³-hybridized carbons (Fsp3) is 0. The Morgan fingerprint density at radius 2 is 1.12 bits per heavy atom. The van der Waals surface area contributed by atoms with E-state index in [0.717, 1.165) is 11.1 Å². The Balaban J connectivity index is 0.000000317. The molecular weight excluding hydrogens is 243 g/mol. The first-order valence-corrected chi connectivity index (χ1v) is 5.67. The van der Waals surface area contributed by atoms with Gasteiger partial charge in [-0.05, 0) is 23.3 Å². The number of benzene rings is 2. The van der Waals surface area contributed by atoms with Gasteiger partial charge in [0.1, 0.15) is 5.82 Å². The molecule has 0 amide bonds. The molecule has 0 aromatic heterocycles. The molecule has 3 nitrogen and oxygen atoms in total. The second kappa shape index (κ2) is 6.55. The van der Waals surface area contributed by atoms with E-state index < -0.39 is 10.6 Å². The van der Waals surface area contributed by atoms with Crippen molar-refractivity contribution in [2.24, 2.45) is 0 Å². The Hall–Kier alpha value is -2.01. The standard InChI is InChI=1S/C12H9F.O3S/c13-12-8-6-11(7-9-12)10-4-2-1-3-5-10;1-4(2)3/h1-9H;. The molecule has 0 saturated carbocycles. The van der Waals surface area contributed by atoms with Crippen molar-refractivity contribution >= 4 is 10.6 Å². The van der Waals surface area contributed by atoms with Crippen LogP contribution >= 0.6 is 0 Å². The molecule has 0 aliphatic heterocycles. The summed E-state index contributed by atoms with van der Waals surface area (Å²) in [5, 5.41) is 0. The van der Waals surface area contributed by atoms with Crippen LogP contribution in [-0.4, -0.2) is 12.6 Å². The number of halogens is 1. The zero-order chi connectivity index (χ0) is 12.7. The van der Waals surface area contributed by atoms with Gasteiger partial charge in [-0.15, -0.1) is 12.6 Å². The highest BCUT2D eigenvalue weighted by atomic mass is 32.2. The topological polar surface area (TPSA) is 51.2 Å². The average Bonchev–Trinajstić information content (AvgIpc) is 2.30. The van der Waals surface area contributed by atoms with Crippen LogP contribution in [0.2, 0.25) is 0 Å². The summed E-state index contributed by atoms with van der Waals surface area (Å²) in [4.78, 5) is 0. The first-order chi connectivity index (χ1) is 8.09. The molecule has 2 rings (SSSR count). The van der Waals surface area contributed by atoms with Crippen molar-refractivity contribution in [3.63, 3.8) is 0 Å². The van der Waals surface area contributed by atoms with E-state index in [4.69, 9.17) is 12.6 Å². The molecule has 0 unspecified atom stereocenters. The minimum absolute atomic E-state index is 0.195. The molecule has 0 spiro atoms. The van der Waals surface area contributed by atoms with E-state index in [2.05, 4.69) is 0 Å². The van der Waals surface area contributed by atoms with Gasteiger partial charge in [0.05, 0.1) is 0 Å². The fourth-order valence-electron chi connectivity index (χ4n) is 1.27. The Kier molecular flexibility index (Phi) is 5.03. The molecular formula is C12H9FO3S.